The minimum Gasteiger partial charge on any atom is -0.340 e. The summed E-state index contributed by atoms with van der Waals surface area (Å²) in [4.78, 5) is 16.9. The Balaban J connectivity index is 0.00000156. The summed E-state index contributed by atoms with van der Waals surface area (Å²) in [6.07, 6.45) is 3.02. The van der Waals surface area contributed by atoms with Crippen LogP contribution in [0.15, 0.2) is 0 Å². The van der Waals surface area contributed by atoms with Crippen molar-refractivity contribution in [3.05, 3.63) is 17.0 Å². The van der Waals surface area contributed by atoms with Crippen molar-refractivity contribution in [1.82, 2.24) is 24.9 Å². The number of hydrogen-bond acceptors (Lipinski definition) is 4. The van der Waals surface area contributed by atoms with E-state index in [0.29, 0.717) is 18.4 Å². The van der Waals surface area contributed by atoms with Crippen LogP contribution < -0.4 is 5.32 Å². The zero-order valence-electron chi connectivity index (χ0n) is 15.5. The molecular weight excluding hydrogens is 361 g/mol. The standard InChI is InChI=1S/C17H29N5O.2ClH/c1-13-17(14(2)20(3)19-13)15-5-4-9-21(15)10-6-16(23)22-11-7-18-8-12-22;;/h15,18H,4-12H2,1-3H3;2*1H. The first kappa shape index (κ1) is 22.2. The first-order chi connectivity index (χ1) is 11.1. The third-order valence-corrected chi connectivity index (χ3v) is 5.34. The van der Waals surface area contributed by atoms with Crippen LogP contribution in [-0.2, 0) is 11.8 Å². The molecule has 0 saturated carbocycles. The van der Waals surface area contributed by atoms with Gasteiger partial charge < -0.3 is 10.2 Å². The van der Waals surface area contributed by atoms with Crippen LogP contribution in [0.25, 0.3) is 0 Å². The Morgan fingerprint density at radius 3 is 2.48 bits per heavy atom. The zero-order chi connectivity index (χ0) is 16.4. The smallest absolute Gasteiger partial charge is 0.223 e. The Bertz CT molecular complexity index is 572. The van der Waals surface area contributed by atoms with Crippen LogP contribution in [0.2, 0.25) is 0 Å². The topological polar surface area (TPSA) is 53.4 Å². The number of carbonyl (C=O) groups excluding carboxylic acids is 1. The zero-order valence-corrected chi connectivity index (χ0v) is 17.1. The van der Waals surface area contributed by atoms with Crippen molar-refractivity contribution >= 4 is 30.7 Å². The maximum atomic E-state index is 12.4. The van der Waals surface area contributed by atoms with Crippen molar-refractivity contribution in [2.75, 3.05) is 39.3 Å². The first-order valence-corrected chi connectivity index (χ1v) is 8.80. The Kier molecular flexibility index (Phi) is 8.68. The first-order valence-electron chi connectivity index (χ1n) is 8.80. The Labute approximate surface area is 163 Å². The number of aromatic nitrogens is 2. The fourth-order valence-corrected chi connectivity index (χ4v) is 4.00. The van der Waals surface area contributed by atoms with Gasteiger partial charge in [-0.15, -0.1) is 24.8 Å². The van der Waals surface area contributed by atoms with Gasteiger partial charge >= 0.3 is 0 Å². The maximum Gasteiger partial charge on any atom is 0.223 e. The highest BCUT2D eigenvalue weighted by Gasteiger charge is 2.30. The van der Waals surface area contributed by atoms with Gasteiger partial charge in [0.05, 0.1) is 5.69 Å². The molecule has 0 bridgehead atoms. The number of nitrogens with zero attached hydrogens (tertiary/aromatic N) is 4. The van der Waals surface area contributed by atoms with E-state index < -0.39 is 0 Å². The molecule has 1 aromatic rings. The van der Waals surface area contributed by atoms with Crippen LogP contribution in [-0.4, -0.2) is 64.8 Å². The largest absolute Gasteiger partial charge is 0.340 e. The third-order valence-electron chi connectivity index (χ3n) is 5.34. The van der Waals surface area contributed by atoms with Gasteiger partial charge in [0.2, 0.25) is 5.91 Å². The van der Waals surface area contributed by atoms with Crippen molar-refractivity contribution in [2.24, 2.45) is 7.05 Å². The Morgan fingerprint density at radius 2 is 1.88 bits per heavy atom. The second-order valence-electron chi connectivity index (χ2n) is 6.78. The van der Waals surface area contributed by atoms with Crippen molar-refractivity contribution in [3.8, 4) is 0 Å². The van der Waals surface area contributed by atoms with Crippen LogP contribution in [0, 0.1) is 13.8 Å². The minimum absolute atomic E-state index is 0. The summed E-state index contributed by atoms with van der Waals surface area (Å²) >= 11 is 0. The van der Waals surface area contributed by atoms with E-state index in [1.807, 2.05) is 16.6 Å². The fraction of sp³-hybridized carbons (Fsp3) is 0.765. The molecule has 6 nitrogen and oxygen atoms in total. The molecule has 1 N–H and O–H groups in total. The van der Waals surface area contributed by atoms with E-state index in [0.717, 1.165) is 45.0 Å². The van der Waals surface area contributed by atoms with E-state index in [4.69, 9.17) is 0 Å². The van der Waals surface area contributed by atoms with Crippen molar-refractivity contribution in [3.63, 3.8) is 0 Å². The molecule has 8 heteroatoms. The second-order valence-corrected chi connectivity index (χ2v) is 6.78. The molecule has 3 rings (SSSR count). The molecule has 2 saturated heterocycles. The molecule has 25 heavy (non-hydrogen) atoms. The highest BCUT2D eigenvalue weighted by Crippen LogP contribution is 2.35. The minimum atomic E-state index is 0. The quantitative estimate of drug-likeness (QED) is 0.850. The van der Waals surface area contributed by atoms with Gasteiger partial charge in [-0.25, -0.2) is 0 Å². The third kappa shape index (κ3) is 4.88. The van der Waals surface area contributed by atoms with Crippen LogP contribution in [0.5, 0.6) is 0 Å². The van der Waals surface area contributed by atoms with Gasteiger partial charge in [-0.1, -0.05) is 0 Å². The number of hydrogen-bond donors (Lipinski definition) is 1. The van der Waals surface area contributed by atoms with Gasteiger partial charge in [0.25, 0.3) is 0 Å². The van der Waals surface area contributed by atoms with Crippen molar-refractivity contribution in [2.45, 2.75) is 39.2 Å². The van der Waals surface area contributed by atoms with Crippen molar-refractivity contribution in [1.29, 1.82) is 0 Å². The van der Waals surface area contributed by atoms with Gasteiger partial charge in [-0.3, -0.25) is 14.4 Å². The molecule has 2 aliphatic rings. The van der Waals surface area contributed by atoms with E-state index in [2.05, 4.69) is 29.2 Å². The molecule has 1 atom stereocenters. The summed E-state index contributed by atoms with van der Waals surface area (Å²) in [5.74, 6) is 0.303. The van der Waals surface area contributed by atoms with Gasteiger partial charge in [-0.2, -0.15) is 5.10 Å². The number of aryl methyl sites for hydroxylation is 2. The number of nitrogens with one attached hydrogen (secondary N) is 1. The molecule has 2 aliphatic heterocycles. The van der Waals surface area contributed by atoms with Crippen molar-refractivity contribution < 1.29 is 4.79 Å². The van der Waals surface area contributed by atoms with Gasteiger partial charge in [0.1, 0.15) is 0 Å². The molecule has 0 aliphatic carbocycles. The molecule has 0 radical (unpaired) electrons. The molecule has 144 valence electrons. The lowest BCUT2D eigenvalue weighted by molar-refractivity contribution is -0.132. The highest BCUT2D eigenvalue weighted by atomic mass is 35.5. The second kappa shape index (κ2) is 9.76. The van der Waals surface area contributed by atoms with E-state index in [1.54, 1.807) is 0 Å². The van der Waals surface area contributed by atoms with Gasteiger partial charge in [0, 0.05) is 63.5 Å². The number of amides is 1. The van der Waals surface area contributed by atoms with E-state index in [1.165, 1.54) is 24.1 Å². The molecule has 3 heterocycles. The molecular formula is C17H31Cl2N5O. The normalized spacial score (nSPS) is 20.9. The summed E-state index contributed by atoms with van der Waals surface area (Å²) < 4.78 is 1.98. The summed E-state index contributed by atoms with van der Waals surface area (Å²) in [5, 5.41) is 7.86. The average Bonchev–Trinajstić information content (AvgIpc) is 3.10. The summed E-state index contributed by atoms with van der Waals surface area (Å²) in [5.41, 5.74) is 3.77. The van der Waals surface area contributed by atoms with Crippen LogP contribution >= 0.6 is 24.8 Å². The average molecular weight is 392 g/mol. The number of carbonyl (C=O) groups is 1. The van der Waals surface area contributed by atoms with E-state index in [-0.39, 0.29) is 24.8 Å². The molecule has 0 aromatic carbocycles. The van der Waals surface area contributed by atoms with Gasteiger partial charge in [-0.05, 0) is 33.2 Å². The number of likely N-dealkylation sites (tertiary alicyclic amines) is 1. The van der Waals surface area contributed by atoms with Crippen LogP contribution in [0.3, 0.4) is 0 Å². The molecule has 2 fully saturated rings. The molecule has 1 amide bonds. The monoisotopic (exact) mass is 391 g/mol. The Hall–Kier alpha value is -0.820. The lowest BCUT2D eigenvalue weighted by Gasteiger charge is -2.29. The number of piperazine rings is 1. The highest BCUT2D eigenvalue weighted by molar-refractivity contribution is 5.85. The van der Waals surface area contributed by atoms with Crippen LogP contribution in [0.4, 0.5) is 0 Å². The number of halogens is 2. The Morgan fingerprint density at radius 1 is 1.20 bits per heavy atom. The predicted octanol–water partition coefficient (Wildman–Crippen LogP) is 1.84. The SMILES string of the molecule is Cc1nn(C)c(C)c1C1CCCN1CCC(=O)N1CCNCC1.Cl.Cl. The van der Waals surface area contributed by atoms with E-state index in [9.17, 15) is 4.79 Å². The fourth-order valence-electron chi connectivity index (χ4n) is 4.00. The molecule has 1 unspecified atom stereocenters. The summed E-state index contributed by atoms with van der Waals surface area (Å²) in [6, 6.07) is 0.430. The van der Waals surface area contributed by atoms with Gasteiger partial charge in [0.15, 0.2) is 0 Å². The molecule has 1 aromatic heterocycles. The molecule has 0 spiro atoms. The summed E-state index contributed by atoms with van der Waals surface area (Å²) in [7, 11) is 2.01. The lowest BCUT2D eigenvalue weighted by Crippen LogP contribution is -2.47. The van der Waals surface area contributed by atoms with E-state index >= 15 is 0 Å². The predicted molar refractivity (Wildman–Crippen MR) is 105 cm³/mol. The van der Waals surface area contributed by atoms with Crippen LogP contribution in [0.1, 0.15) is 42.3 Å². The lowest BCUT2D eigenvalue weighted by atomic mass is 10.0. The maximum absolute atomic E-state index is 12.4. The number of rotatable bonds is 4. The summed E-state index contributed by atoms with van der Waals surface area (Å²) in [6.45, 7) is 9.75.